The smallest absolute Gasteiger partial charge is 0.283 e. The van der Waals surface area contributed by atoms with Crippen LogP contribution in [0.4, 0.5) is 5.69 Å². The average Bonchev–Trinajstić information content (AvgIpc) is 2.32. The van der Waals surface area contributed by atoms with Gasteiger partial charge in [0.25, 0.3) is 5.56 Å². The summed E-state index contributed by atoms with van der Waals surface area (Å²) in [6, 6.07) is 0. The molecule has 0 saturated heterocycles. The number of aromatic nitrogens is 2. The Balaban J connectivity index is 2.76. The molecule has 1 aromatic rings. The summed E-state index contributed by atoms with van der Waals surface area (Å²) in [6.07, 6.45) is 3.34. The lowest BCUT2D eigenvalue weighted by atomic mass is 10.3. The molecule has 1 aromatic heterocycles. The van der Waals surface area contributed by atoms with Crippen molar-refractivity contribution in [3.05, 3.63) is 21.0 Å². The number of aryl methyl sites for hydroxylation is 1. The van der Waals surface area contributed by atoms with E-state index in [1.807, 2.05) is 6.92 Å². The van der Waals surface area contributed by atoms with Crippen LogP contribution < -0.4 is 16.0 Å². The van der Waals surface area contributed by atoms with Gasteiger partial charge in [-0.15, -0.1) is 0 Å². The monoisotopic (exact) mass is 352 g/mol. The number of nitrogens with one attached hydrogen (secondary N) is 1. The van der Waals surface area contributed by atoms with Gasteiger partial charge in [0.1, 0.15) is 4.47 Å². The molecule has 1 rings (SSSR count). The molecule has 1 heterocycles. The van der Waals surface area contributed by atoms with E-state index in [0.717, 1.165) is 12.8 Å². The summed E-state index contributed by atoms with van der Waals surface area (Å²) in [7, 11) is -3.52. The van der Waals surface area contributed by atoms with Crippen molar-refractivity contribution in [1.29, 1.82) is 0 Å². The molecule has 3 N–H and O–H groups in total. The molecule has 7 nitrogen and oxygen atoms in total. The van der Waals surface area contributed by atoms with Crippen LogP contribution in [0.5, 0.6) is 0 Å². The van der Waals surface area contributed by atoms with Crippen molar-refractivity contribution in [1.82, 2.24) is 9.78 Å². The highest BCUT2D eigenvalue weighted by molar-refractivity contribution is 9.10. The number of unbranched alkanes of at least 4 members (excludes halogenated alkanes) is 1. The quantitative estimate of drug-likeness (QED) is 0.743. The van der Waals surface area contributed by atoms with Gasteiger partial charge in [-0.1, -0.05) is 13.3 Å². The van der Waals surface area contributed by atoms with Gasteiger partial charge in [-0.05, 0) is 22.4 Å². The molecule has 19 heavy (non-hydrogen) atoms. The third kappa shape index (κ3) is 5.29. The number of sulfonamides is 1. The molecule has 0 bridgehead atoms. The van der Waals surface area contributed by atoms with Crippen LogP contribution in [0.15, 0.2) is 15.5 Å². The van der Waals surface area contributed by atoms with Gasteiger partial charge in [-0.3, -0.25) is 4.79 Å². The Hall–Kier alpha value is -0.930. The summed E-state index contributed by atoms with van der Waals surface area (Å²) in [4.78, 5) is 11.9. The van der Waals surface area contributed by atoms with Crippen LogP contribution >= 0.6 is 15.9 Å². The molecule has 0 fully saturated rings. The molecule has 0 saturated carbocycles. The number of primary sulfonamides is 1. The molecule has 0 amide bonds. The number of rotatable bonds is 7. The van der Waals surface area contributed by atoms with Crippen molar-refractivity contribution in [2.75, 3.05) is 17.6 Å². The van der Waals surface area contributed by atoms with E-state index in [-0.39, 0.29) is 17.9 Å². The molecule has 0 unspecified atom stereocenters. The van der Waals surface area contributed by atoms with Gasteiger partial charge in [-0.25, -0.2) is 18.2 Å². The largest absolute Gasteiger partial charge is 0.382 e. The van der Waals surface area contributed by atoms with Crippen LogP contribution in [0.3, 0.4) is 0 Å². The highest BCUT2D eigenvalue weighted by Crippen LogP contribution is 2.15. The molecule has 0 radical (unpaired) electrons. The SMILES string of the molecule is CCCCn1ncc(NCCS(N)(=O)=O)c(Br)c1=O. The predicted molar refractivity (Wildman–Crippen MR) is 77.6 cm³/mol. The fourth-order valence-corrected chi connectivity index (χ4v) is 2.22. The number of hydrogen-bond donors (Lipinski definition) is 2. The Morgan fingerprint density at radius 3 is 2.79 bits per heavy atom. The van der Waals surface area contributed by atoms with E-state index < -0.39 is 10.0 Å². The molecule has 0 spiro atoms. The van der Waals surface area contributed by atoms with Gasteiger partial charge >= 0.3 is 0 Å². The van der Waals surface area contributed by atoms with Gasteiger partial charge < -0.3 is 5.32 Å². The molecule has 0 aliphatic heterocycles. The lowest BCUT2D eigenvalue weighted by Gasteiger charge is -2.09. The van der Waals surface area contributed by atoms with E-state index in [0.29, 0.717) is 16.7 Å². The zero-order valence-corrected chi connectivity index (χ0v) is 13.0. The lowest BCUT2D eigenvalue weighted by molar-refractivity contribution is 0.541. The van der Waals surface area contributed by atoms with Crippen LogP contribution in [0.25, 0.3) is 0 Å². The van der Waals surface area contributed by atoms with Gasteiger partial charge in [0, 0.05) is 13.1 Å². The summed E-state index contributed by atoms with van der Waals surface area (Å²) >= 11 is 3.19. The van der Waals surface area contributed by atoms with E-state index in [1.54, 1.807) is 0 Å². The normalized spacial score (nSPS) is 11.5. The van der Waals surface area contributed by atoms with Crippen LogP contribution in [-0.4, -0.2) is 30.5 Å². The minimum Gasteiger partial charge on any atom is -0.382 e. The Morgan fingerprint density at radius 1 is 1.53 bits per heavy atom. The molecule has 9 heteroatoms. The second-order valence-corrected chi connectivity index (χ2v) is 6.57. The number of anilines is 1. The van der Waals surface area contributed by atoms with E-state index in [1.165, 1.54) is 10.9 Å². The van der Waals surface area contributed by atoms with Crippen LogP contribution in [0.2, 0.25) is 0 Å². The van der Waals surface area contributed by atoms with E-state index >= 15 is 0 Å². The maximum absolute atomic E-state index is 11.9. The van der Waals surface area contributed by atoms with Gasteiger partial charge in [-0.2, -0.15) is 5.10 Å². The van der Waals surface area contributed by atoms with Crippen molar-refractivity contribution >= 4 is 31.6 Å². The number of halogens is 1. The van der Waals surface area contributed by atoms with Crippen LogP contribution in [-0.2, 0) is 16.6 Å². The first-order chi connectivity index (χ1) is 8.85. The maximum atomic E-state index is 11.9. The van der Waals surface area contributed by atoms with Gasteiger partial charge in [0.15, 0.2) is 0 Å². The molecular formula is C10H17BrN4O3S. The Kier molecular flexibility index (Phi) is 5.95. The van der Waals surface area contributed by atoms with Crippen molar-refractivity contribution in [2.45, 2.75) is 26.3 Å². The average molecular weight is 353 g/mol. The highest BCUT2D eigenvalue weighted by atomic mass is 79.9. The second kappa shape index (κ2) is 7.01. The minimum atomic E-state index is -3.52. The first-order valence-corrected chi connectivity index (χ1v) is 8.36. The third-order valence-corrected chi connectivity index (χ3v) is 3.95. The summed E-state index contributed by atoms with van der Waals surface area (Å²) < 4.78 is 23.3. The Labute approximate surface area is 120 Å². The minimum absolute atomic E-state index is 0.123. The fourth-order valence-electron chi connectivity index (χ4n) is 1.38. The maximum Gasteiger partial charge on any atom is 0.283 e. The first kappa shape index (κ1) is 16.1. The van der Waals surface area contributed by atoms with Crippen molar-refractivity contribution < 1.29 is 8.42 Å². The predicted octanol–water partition coefficient (Wildman–Crippen LogP) is 0.506. The van der Waals surface area contributed by atoms with E-state index in [9.17, 15) is 13.2 Å². The summed E-state index contributed by atoms with van der Waals surface area (Å²) in [5.74, 6) is -0.210. The van der Waals surface area contributed by atoms with Crippen molar-refractivity contribution in [2.24, 2.45) is 5.14 Å². The lowest BCUT2D eigenvalue weighted by Crippen LogP contribution is -2.26. The number of hydrogen-bond acceptors (Lipinski definition) is 5. The van der Waals surface area contributed by atoms with Gasteiger partial charge in [0.2, 0.25) is 10.0 Å². The summed E-state index contributed by atoms with van der Waals surface area (Å²) in [6.45, 7) is 2.71. The highest BCUT2D eigenvalue weighted by Gasteiger charge is 2.09. The Morgan fingerprint density at radius 2 is 2.21 bits per heavy atom. The molecular weight excluding hydrogens is 336 g/mol. The third-order valence-electron chi connectivity index (χ3n) is 2.41. The summed E-state index contributed by atoms with van der Waals surface area (Å²) in [5.41, 5.74) is 0.218. The molecule has 108 valence electrons. The van der Waals surface area contributed by atoms with Crippen LogP contribution in [0, 0.1) is 0 Å². The number of nitrogens with two attached hydrogens (primary N) is 1. The zero-order chi connectivity index (χ0) is 14.5. The molecule has 0 atom stereocenters. The second-order valence-electron chi connectivity index (χ2n) is 4.05. The summed E-state index contributed by atoms with van der Waals surface area (Å²) in [5, 5.41) is 11.7. The topological polar surface area (TPSA) is 107 Å². The van der Waals surface area contributed by atoms with Crippen molar-refractivity contribution in [3.8, 4) is 0 Å². The van der Waals surface area contributed by atoms with Crippen LogP contribution in [0.1, 0.15) is 19.8 Å². The first-order valence-electron chi connectivity index (χ1n) is 5.85. The zero-order valence-electron chi connectivity index (χ0n) is 10.6. The number of nitrogens with zero attached hydrogens (tertiary/aromatic N) is 2. The molecule has 0 aliphatic carbocycles. The molecule has 0 aromatic carbocycles. The fraction of sp³-hybridized carbons (Fsp3) is 0.600. The molecule has 0 aliphatic rings. The Bertz CT molecular complexity index is 585. The van der Waals surface area contributed by atoms with E-state index in [2.05, 4.69) is 26.3 Å². The van der Waals surface area contributed by atoms with Crippen molar-refractivity contribution in [3.63, 3.8) is 0 Å². The van der Waals surface area contributed by atoms with Gasteiger partial charge in [0.05, 0.1) is 17.6 Å². The van der Waals surface area contributed by atoms with E-state index in [4.69, 9.17) is 5.14 Å². The standard InChI is InChI=1S/C10H17BrN4O3S/c1-2-3-5-15-10(16)9(11)8(7-14-15)13-4-6-19(12,17)18/h7,13H,2-6H2,1H3,(H2,12,17,18).